The second-order valence-electron chi connectivity index (χ2n) is 4.78. The van der Waals surface area contributed by atoms with Gasteiger partial charge >= 0.3 is 0 Å². The van der Waals surface area contributed by atoms with Crippen molar-refractivity contribution in [2.45, 2.75) is 31.1 Å². The third-order valence-corrected chi connectivity index (χ3v) is 5.76. The molecule has 1 heterocycles. The van der Waals surface area contributed by atoms with E-state index in [9.17, 15) is 12.8 Å². The quantitative estimate of drug-likeness (QED) is 0.911. The van der Waals surface area contributed by atoms with Crippen LogP contribution in [0.4, 0.5) is 4.39 Å². The van der Waals surface area contributed by atoms with Crippen molar-refractivity contribution in [1.29, 1.82) is 0 Å². The van der Waals surface area contributed by atoms with E-state index in [0.29, 0.717) is 18.5 Å². The van der Waals surface area contributed by atoms with Crippen molar-refractivity contribution in [3.05, 3.63) is 35.6 Å². The van der Waals surface area contributed by atoms with Gasteiger partial charge in [-0.15, -0.1) is 0 Å². The van der Waals surface area contributed by atoms with Crippen molar-refractivity contribution >= 4 is 9.84 Å². The van der Waals surface area contributed by atoms with Crippen LogP contribution in [0.1, 0.15) is 31.4 Å². The Labute approximate surface area is 107 Å². The van der Waals surface area contributed by atoms with Gasteiger partial charge < -0.3 is 5.32 Å². The maximum atomic E-state index is 13.5. The minimum absolute atomic E-state index is 0.179. The molecule has 5 heteroatoms. The lowest BCUT2D eigenvalue weighted by Gasteiger charge is -2.17. The van der Waals surface area contributed by atoms with Gasteiger partial charge in [0.25, 0.3) is 0 Å². The van der Waals surface area contributed by atoms with E-state index in [1.54, 1.807) is 18.2 Å². The summed E-state index contributed by atoms with van der Waals surface area (Å²) in [5, 5.41) is 2.80. The summed E-state index contributed by atoms with van der Waals surface area (Å²) in [7, 11) is -2.93. The van der Waals surface area contributed by atoms with Crippen LogP contribution in [0.25, 0.3) is 0 Å². The minimum atomic E-state index is -2.93. The highest BCUT2D eigenvalue weighted by molar-refractivity contribution is 7.92. The van der Waals surface area contributed by atoms with Crippen molar-refractivity contribution in [3.8, 4) is 0 Å². The topological polar surface area (TPSA) is 46.2 Å². The maximum absolute atomic E-state index is 13.5. The summed E-state index contributed by atoms with van der Waals surface area (Å²) < 4.78 is 36.9. The number of sulfone groups is 1. The van der Waals surface area contributed by atoms with Crippen LogP contribution in [0.2, 0.25) is 0 Å². The summed E-state index contributed by atoms with van der Waals surface area (Å²) in [4.78, 5) is 0. The van der Waals surface area contributed by atoms with Crippen LogP contribution in [0.5, 0.6) is 0 Å². The lowest BCUT2D eigenvalue weighted by molar-refractivity contribution is 0.513. The molecule has 0 aromatic heterocycles. The smallest absolute Gasteiger partial charge is 0.154 e. The van der Waals surface area contributed by atoms with E-state index in [2.05, 4.69) is 5.32 Å². The van der Waals surface area contributed by atoms with Crippen LogP contribution in [0.15, 0.2) is 24.3 Å². The molecule has 1 saturated heterocycles. The van der Waals surface area contributed by atoms with Gasteiger partial charge in [0.15, 0.2) is 9.84 Å². The third-order valence-electron chi connectivity index (χ3n) is 3.49. The lowest BCUT2D eigenvalue weighted by Crippen LogP contribution is -2.32. The summed E-state index contributed by atoms with van der Waals surface area (Å²) in [5.41, 5.74) is 0.577. The number of benzene rings is 1. The third kappa shape index (κ3) is 2.90. The molecule has 1 aromatic carbocycles. The average molecular weight is 271 g/mol. The predicted molar refractivity (Wildman–Crippen MR) is 69.6 cm³/mol. The number of hydrogen-bond acceptors (Lipinski definition) is 3. The van der Waals surface area contributed by atoms with Gasteiger partial charge in [-0.05, 0) is 25.8 Å². The first-order valence-electron chi connectivity index (χ1n) is 6.20. The zero-order valence-electron chi connectivity index (χ0n) is 10.4. The van der Waals surface area contributed by atoms with Gasteiger partial charge in [0, 0.05) is 18.2 Å². The van der Waals surface area contributed by atoms with Gasteiger partial charge in [-0.25, -0.2) is 12.8 Å². The fourth-order valence-electron chi connectivity index (χ4n) is 2.33. The van der Waals surface area contributed by atoms with Crippen LogP contribution in [-0.2, 0) is 9.84 Å². The molecule has 18 heavy (non-hydrogen) atoms. The maximum Gasteiger partial charge on any atom is 0.154 e. The van der Waals surface area contributed by atoms with Gasteiger partial charge in [-0.2, -0.15) is 0 Å². The first kappa shape index (κ1) is 13.5. The Bertz CT molecular complexity index is 515. The molecule has 1 N–H and O–H groups in total. The molecule has 1 aromatic rings. The molecule has 0 radical (unpaired) electrons. The van der Waals surface area contributed by atoms with Crippen LogP contribution in [0, 0.1) is 5.82 Å². The number of rotatable bonds is 4. The Hall–Kier alpha value is -0.940. The van der Waals surface area contributed by atoms with E-state index in [1.807, 2.05) is 6.92 Å². The Morgan fingerprint density at radius 3 is 2.78 bits per heavy atom. The second kappa shape index (κ2) is 5.36. The molecule has 2 rings (SSSR count). The zero-order valence-corrected chi connectivity index (χ0v) is 11.2. The molecular formula is C13H18FNO2S. The van der Waals surface area contributed by atoms with Crippen LogP contribution < -0.4 is 5.32 Å². The Morgan fingerprint density at radius 2 is 2.17 bits per heavy atom. The molecule has 2 atom stereocenters. The molecule has 3 nitrogen and oxygen atoms in total. The Morgan fingerprint density at radius 1 is 1.44 bits per heavy atom. The highest BCUT2D eigenvalue weighted by Crippen LogP contribution is 2.21. The van der Waals surface area contributed by atoms with Gasteiger partial charge in [0.05, 0.1) is 11.0 Å². The molecule has 1 fully saturated rings. The van der Waals surface area contributed by atoms with Crippen LogP contribution in [-0.4, -0.2) is 26.0 Å². The fraction of sp³-hybridized carbons (Fsp3) is 0.538. The van der Waals surface area contributed by atoms with E-state index in [-0.39, 0.29) is 22.9 Å². The summed E-state index contributed by atoms with van der Waals surface area (Å²) in [6.45, 7) is 2.25. The average Bonchev–Trinajstić information content (AvgIpc) is 2.66. The van der Waals surface area contributed by atoms with Crippen molar-refractivity contribution in [3.63, 3.8) is 0 Å². The van der Waals surface area contributed by atoms with E-state index in [4.69, 9.17) is 0 Å². The molecule has 100 valence electrons. The summed E-state index contributed by atoms with van der Waals surface area (Å²) in [6, 6.07) is 6.38. The van der Waals surface area contributed by atoms with Crippen molar-refractivity contribution in [1.82, 2.24) is 5.32 Å². The Balaban J connectivity index is 1.97. The predicted octanol–water partition coefficient (Wildman–Crippen LogP) is 2.05. The molecule has 0 amide bonds. The first-order chi connectivity index (χ1) is 8.50. The fourth-order valence-corrected chi connectivity index (χ4v) is 4.11. The molecule has 1 aliphatic rings. The van der Waals surface area contributed by atoms with Crippen molar-refractivity contribution in [2.24, 2.45) is 0 Å². The second-order valence-corrected chi connectivity index (χ2v) is 7.18. The van der Waals surface area contributed by atoms with Crippen LogP contribution >= 0.6 is 0 Å². The van der Waals surface area contributed by atoms with E-state index >= 15 is 0 Å². The summed E-state index contributed by atoms with van der Waals surface area (Å²) in [6.07, 6.45) is 1.45. The van der Waals surface area contributed by atoms with Gasteiger partial charge in [0.1, 0.15) is 5.82 Å². The van der Waals surface area contributed by atoms with Gasteiger partial charge in [0.2, 0.25) is 0 Å². The largest absolute Gasteiger partial charge is 0.309 e. The SMILES string of the molecule is CC(NCC1CCCS1(=O)=O)c1ccccc1F. The standard InChI is InChI=1S/C13H18FNO2S/c1-10(12-6-2-3-7-13(12)14)15-9-11-5-4-8-18(11,16)17/h2-3,6-7,10-11,15H,4-5,8-9H2,1H3. The van der Waals surface area contributed by atoms with Gasteiger partial charge in [-0.3, -0.25) is 0 Å². The van der Waals surface area contributed by atoms with Crippen molar-refractivity contribution < 1.29 is 12.8 Å². The highest BCUT2D eigenvalue weighted by Gasteiger charge is 2.31. The first-order valence-corrected chi connectivity index (χ1v) is 7.91. The number of halogens is 1. The van der Waals surface area contributed by atoms with E-state index < -0.39 is 9.84 Å². The molecule has 0 bridgehead atoms. The van der Waals surface area contributed by atoms with Crippen LogP contribution in [0.3, 0.4) is 0 Å². The zero-order chi connectivity index (χ0) is 13.2. The number of nitrogens with one attached hydrogen (secondary N) is 1. The number of hydrogen-bond donors (Lipinski definition) is 1. The molecule has 0 spiro atoms. The van der Waals surface area contributed by atoms with Gasteiger partial charge in [-0.1, -0.05) is 18.2 Å². The summed E-state index contributed by atoms with van der Waals surface area (Å²) in [5.74, 6) is 0.0275. The highest BCUT2D eigenvalue weighted by atomic mass is 32.2. The normalized spacial score (nSPS) is 24.0. The molecule has 0 aliphatic carbocycles. The monoisotopic (exact) mass is 271 g/mol. The van der Waals surface area contributed by atoms with E-state index in [1.165, 1.54) is 6.07 Å². The molecule has 0 saturated carbocycles. The molecular weight excluding hydrogens is 253 g/mol. The lowest BCUT2D eigenvalue weighted by atomic mass is 10.1. The van der Waals surface area contributed by atoms with E-state index in [0.717, 1.165) is 6.42 Å². The Kier molecular flexibility index (Phi) is 4.02. The summed E-state index contributed by atoms with van der Waals surface area (Å²) >= 11 is 0. The molecule has 1 aliphatic heterocycles. The molecule has 2 unspecified atom stereocenters. The van der Waals surface area contributed by atoms with Crippen molar-refractivity contribution in [2.75, 3.05) is 12.3 Å². The minimum Gasteiger partial charge on any atom is -0.309 e.